The van der Waals surface area contributed by atoms with E-state index in [-0.39, 0.29) is 24.2 Å². The molecule has 178 valence electrons. The van der Waals surface area contributed by atoms with E-state index in [0.29, 0.717) is 56.1 Å². The molecule has 8 heteroatoms. The Morgan fingerprint density at radius 2 is 1.61 bits per heavy atom. The molecule has 0 aliphatic carbocycles. The zero-order valence-electron chi connectivity index (χ0n) is 19.6. The van der Waals surface area contributed by atoms with Crippen LogP contribution in [-0.4, -0.2) is 62.8 Å². The molecule has 0 radical (unpaired) electrons. The van der Waals surface area contributed by atoms with E-state index in [9.17, 15) is 17.6 Å². The number of piperazine rings is 1. The van der Waals surface area contributed by atoms with Crippen molar-refractivity contribution in [3.05, 3.63) is 58.9 Å². The summed E-state index contributed by atoms with van der Waals surface area (Å²) >= 11 is 0. The summed E-state index contributed by atoms with van der Waals surface area (Å²) in [5, 5.41) is 0. The van der Waals surface area contributed by atoms with Gasteiger partial charge in [0.1, 0.15) is 5.82 Å². The Labute approximate surface area is 196 Å². The molecule has 1 amide bonds. The first kappa shape index (κ1) is 23.7. The largest absolute Gasteiger partial charge is 0.366 e. The zero-order valence-corrected chi connectivity index (χ0v) is 20.4. The van der Waals surface area contributed by atoms with E-state index in [2.05, 4.69) is 0 Å². The molecule has 1 atom stereocenters. The number of aryl methyl sites for hydroxylation is 3. The minimum atomic E-state index is -3.67. The van der Waals surface area contributed by atoms with Crippen LogP contribution in [0.3, 0.4) is 0 Å². The number of rotatable bonds is 4. The molecule has 0 saturated carbocycles. The highest BCUT2D eigenvalue weighted by molar-refractivity contribution is 7.89. The minimum absolute atomic E-state index is 0.000401. The molecule has 0 N–H and O–H groups in total. The summed E-state index contributed by atoms with van der Waals surface area (Å²) in [5.41, 5.74) is 3.07. The number of carbonyl (C=O) groups is 1. The molecular weight excluding hydrogens is 441 g/mol. The second-order valence-corrected chi connectivity index (χ2v) is 11.1. The predicted molar refractivity (Wildman–Crippen MR) is 127 cm³/mol. The molecule has 2 aromatic rings. The molecule has 2 heterocycles. The van der Waals surface area contributed by atoms with Crippen molar-refractivity contribution >= 4 is 21.6 Å². The van der Waals surface area contributed by atoms with E-state index in [1.807, 2.05) is 43.9 Å². The van der Waals surface area contributed by atoms with Crippen LogP contribution in [0.25, 0.3) is 0 Å². The first-order valence-corrected chi connectivity index (χ1v) is 13.0. The van der Waals surface area contributed by atoms with Crippen molar-refractivity contribution in [2.45, 2.75) is 38.5 Å². The first-order valence-electron chi connectivity index (χ1n) is 11.5. The van der Waals surface area contributed by atoms with Gasteiger partial charge in [-0.25, -0.2) is 12.8 Å². The second kappa shape index (κ2) is 9.43. The maximum absolute atomic E-state index is 14.1. The van der Waals surface area contributed by atoms with Crippen molar-refractivity contribution in [1.29, 1.82) is 0 Å². The van der Waals surface area contributed by atoms with Gasteiger partial charge < -0.3 is 9.80 Å². The lowest BCUT2D eigenvalue weighted by Gasteiger charge is -2.39. The number of piperidine rings is 1. The number of carbonyl (C=O) groups excluding carboxylic acids is 1. The molecule has 0 aromatic heterocycles. The van der Waals surface area contributed by atoms with Crippen molar-refractivity contribution in [2.24, 2.45) is 5.92 Å². The third-order valence-electron chi connectivity index (χ3n) is 6.72. The van der Waals surface area contributed by atoms with E-state index >= 15 is 0 Å². The SMILES string of the molecule is Cc1cc(C)c(S(=O)(=O)N2CCC[C@H](C(=O)N3CCN(c4ccccc4F)CC3)C2)c(C)c1. The van der Waals surface area contributed by atoms with Gasteiger partial charge in [-0.3, -0.25) is 4.79 Å². The summed E-state index contributed by atoms with van der Waals surface area (Å²) in [7, 11) is -3.67. The quantitative estimate of drug-likeness (QED) is 0.682. The van der Waals surface area contributed by atoms with Crippen LogP contribution in [0.2, 0.25) is 0 Å². The van der Waals surface area contributed by atoms with Gasteiger partial charge >= 0.3 is 0 Å². The van der Waals surface area contributed by atoms with Crippen molar-refractivity contribution in [3.8, 4) is 0 Å². The highest BCUT2D eigenvalue weighted by Gasteiger charge is 2.37. The molecule has 2 aliphatic heterocycles. The molecule has 2 aromatic carbocycles. The summed E-state index contributed by atoms with van der Waals surface area (Å²) in [6.45, 7) is 8.38. The molecule has 0 unspecified atom stereocenters. The van der Waals surface area contributed by atoms with Gasteiger partial charge in [-0.1, -0.05) is 29.8 Å². The predicted octanol–water partition coefficient (Wildman–Crippen LogP) is 3.50. The number of nitrogens with zero attached hydrogens (tertiary/aromatic N) is 3. The van der Waals surface area contributed by atoms with Crippen LogP contribution in [-0.2, 0) is 14.8 Å². The Morgan fingerprint density at radius 3 is 2.24 bits per heavy atom. The van der Waals surface area contributed by atoms with Gasteiger partial charge in [-0.2, -0.15) is 4.31 Å². The van der Waals surface area contributed by atoms with Gasteiger partial charge in [-0.15, -0.1) is 0 Å². The zero-order chi connectivity index (χ0) is 23.8. The van der Waals surface area contributed by atoms with Crippen molar-refractivity contribution in [2.75, 3.05) is 44.2 Å². The molecule has 4 rings (SSSR count). The summed E-state index contributed by atoms with van der Waals surface area (Å²) in [6.07, 6.45) is 1.35. The van der Waals surface area contributed by atoms with Gasteiger partial charge in [0.05, 0.1) is 16.5 Å². The smallest absolute Gasteiger partial charge is 0.243 e. The lowest BCUT2D eigenvalue weighted by molar-refractivity contribution is -0.137. The van der Waals surface area contributed by atoms with E-state index in [1.54, 1.807) is 17.0 Å². The Bertz CT molecular complexity index is 1120. The average Bonchev–Trinajstić information content (AvgIpc) is 2.78. The maximum Gasteiger partial charge on any atom is 0.243 e. The van der Waals surface area contributed by atoms with Crippen molar-refractivity contribution < 1.29 is 17.6 Å². The Kier molecular flexibility index (Phi) is 6.77. The van der Waals surface area contributed by atoms with Crippen LogP contribution >= 0.6 is 0 Å². The highest BCUT2D eigenvalue weighted by atomic mass is 32.2. The van der Waals surface area contributed by atoms with Crippen LogP contribution in [0.5, 0.6) is 0 Å². The molecule has 2 fully saturated rings. The third-order valence-corrected chi connectivity index (χ3v) is 8.89. The summed E-state index contributed by atoms with van der Waals surface area (Å²) in [6, 6.07) is 10.5. The normalized spacial score (nSPS) is 20.2. The first-order chi connectivity index (χ1) is 15.7. The number of benzene rings is 2. The Morgan fingerprint density at radius 1 is 0.970 bits per heavy atom. The van der Waals surface area contributed by atoms with Gasteiger partial charge in [0.15, 0.2) is 0 Å². The topological polar surface area (TPSA) is 60.9 Å². The fourth-order valence-electron chi connectivity index (χ4n) is 5.20. The van der Waals surface area contributed by atoms with Crippen molar-refractivity contribution in [1.82, 2.24) is 9.21 Å². The van der Waals surface area contributed by atoms with Gasteiger partial charge in [-0.05, 0) is 56.9 Å². The van der Waals surface area contributed by atoms with Gasteiger partial charge in [0.2, 0.25) is 15.9 Å². The van der Waals surface area contributed by atoms with Crippen LogP contribution in [0.4, 0.5) is 10.1 Å². The molecule has 33 heavy (non-hydrogen) atoms. The van der Waals surface area contributed by atoms with Crippen LogP contribution in [0.1, 0.15) is 29.5 Å². The van der Waals surface area contributed by atoms with Crippen LogP contribution < -0.4 is 4.90 Å². The maximum atomic E-state index is 14.1. The fourth-order valence-corrected chi connectivity index (χ4v) is 7.13. The van der Waals surface area contributed by atoms with Crippen molar-refractivity contribution in [3.63, 3.8) is 0 Å². The highest BCUT2D eigenvalue weighted by Crippen LogP contribution is 2.30. The number of halogens is 1. The fraction of sp³-hybridized carbons (Fsp3) is 0.480. The molecule has 0 spiro atoms. The lowest BCUT2D eigenvalue weighted by atomic mass is 9.97. The number of sulfonamides is 1. The number of hydrogen-bond acceptors (Lipinski definition) is 4. The van der Waals surface area contributed by atoms with Crippen LogP contribution in [0, 0.1) is 32.5 Å². The molecule has 2 aliphatic rings. The van der Waals surface area contributed by atoms with E-state index in [4.69, 9.17) is 0 Å². The summed E-state index contributed by atoms with van der Waals surface area (Å²) in [5.74, 6) is -0.605. The van der Waals surface area contributed by atoms with Gasteiger partial charge in [0.25, 0.3) is 0 Å². The van der Waals surface area contributed by atoms with E-state index in [1.165, 1.54) is 10.4 Å². The average molecular weight is 474 g/mol. The molecular formula is C25H32FN3O3S. The number of amides is 1. The number of para-hydroxylation sites is 1. The van der Waals surface area contributed by atoms with E-state index in [0.717, 1.165) is 16.7 Å². The second-order valence-electron chi connectivity index (χ2n) is 9.19. The monoisotopic (exact) mass is 473 g/mol. The lowest BCUT2D eigenvalue weighted by Crippen LogP contribution is -2.53. The minimum Gasteiger partial charge on any atom is -0.366 e. The molecule has 2 saturated heterocycles. The molecule has 0 bridgehead atoms. The van der Waals surface area contributed by atoms with Crippen LogP contribution in [0.15, 0.2) is 41.3 Å². The standard InChI is InChI=1S/C25H32FN3O3S/c1-18-15-19(2)24(20(3)16-18)33(31,32)29-10-6-7-21(17-29)25(30)28-13-11-27(12-14-28)23-9-5-4-8-22(23)26/h4-5,8-9,15-16,21H,6-7,10-14,17H2,1-3H3/t21-/m0/s1. The number of anilines is 1. The van der Waals surface area contributed by atoms with E-state index < -0.39 is 10.0 Å². The Hall–Kier alpha value is -2.45. The summed E-state index contributed by atoms with van der Waals surface area (Å²) < 4.78 is 42.5. The summed E-state index contributed by atoms with van der Waals surface area (Å²) in [4.78, 5) is 17.4. The third kappa shape index (κ3) is 4.77. The molecule has 6 nitrogen and oxygen atoms in total. The van der Waals surface area contributed by atoms with Gasteiger partial charge in [0, 0.05) is 39.3 Å². The number of hydrogen-bond donors (Lipinski definition) is 0. The Balaban J connectivity index is 1.44.